The Bertz CT molecular complexity index is 812. The van der Waals surface area contributed by atoms with Gasteiger partial charge >= 0.3 is 0 Å². The molecule has 1 atom stereocenters. The average Bonchev–Trinajstić information content (AvgIpc) is 2.52. The zero-order valence-corrected chi connectivity index (χ0v) is 15.1. The SMILES string of the molecule is CC(C)Cc1ccccc1CNC1CS(=O)(=O)Cc2ccccc21. The molecule has 0 aliphatic carbocycles. The lowest BCUT2D eigenvalue weighted by Gasteiger charge is -2.27. The van der Waals surface area contributed by atoms with E-state index in [-0.39, 0.29) is 17.5 Å². The van der Waals surface area contributed by atoms with Crippen molar-refractivity contribution >= 4 is 9.84 Å². The van der Waals surface area contributed by atoms with Gasteiger partial charge in [-0.05, 0) is 34.6 Å². The van der Waals surface area contributed by atoms with E-state index in [0.29, 0.717) is 12.5 Å². The van der Waals surface area contributed by atoms with Crippen LogP contribution in [0.4, 0.5) is 0 Å². The molecule has 1 aliphatic heterocycles. The molecule has 4 heteroatoms. The molecule has 0 aromatic heterocycles. The highest BCUT2D eigenvalue weighted by atomic mass is 32.2. The molecule has 0 fully saturated rings. The summed E-state index contributed by atoms with van der Waals surface area (Å²) in [5, 5.41) is 3.48. The Morgan fingerprint density at radius 2 is 1.71 bits per heavy atom. The van der Waals surface area contributed by atoms with E-state index in [1.54, 1.807) is 0 Å². The van der Waals surface area contributed by atoms with Gasteiger partial charge in [0, 0.05) is 12.6 Å². The first-order valence-electron chi connectivity index (χ1n) is 8.53. The highest BCUT2D eigenvalue weighted by molar-refractivity contribution is 7.90. The Morgan fingerprint density at radius 1 is 1.04 bits per heavy atom. The quantitative estimate of drug-likeness (QED) is 0.901. The summed E-state index contributed by atoms with van der Waals surface area (Å²) in [4.78, 5) is 0. The van der Waals surface area contributed by atoms with Crippen molar-refractivity contribution in [3.8, 4) is 0 Å². The predicted molar refractivity (Wildman–Crippen MR) is 98.5 cm³/mol. The molecule has 1 heterocycles. The van der Waals surface area contributed by atoms with E-state index in [2.05, 4.69) is 37.4 Å². The van der Waals surface area contributed by atoms with Gasteiger partial charge in [-0.25, -0.2) is 8.42 Å². The Morgan fingerprint density at radius 3 is 2.46 bits per heavy atom. The van der Waals surface area contributed by atoms with E-state index in [1.165, 1.54) is 11.1 Å². The number of benzene rings is 2. The van der Waals surface area contributed by atoms with Gasteiger partial charge in [-0.3, -0.25) is 0 Å². The standard InChI is InChI=1S/C20H25NO2S/c1-15(2)11-16-7-3-4-8-17(16)12-21-20-14-24(22,23)13-18-9-5-6-10-19(18)20/h3-10,15,20-21H,11-14H2,1-2H3. The number of fused-ring (bicyclic) bond motifs is 1. The number of sulfone groups is 1. The van der Waals surface area contributed by atoms with Crippen LogP contribution in [0.2, 0.25) is 0 Å². The average molecular weight is 343 g/mol. The van der Waals surface area contributed by atoms with E-state index in [9.17, 15) is 8.42 Å². The molecule has 24 heavy (non-hydrogen) atoms. The third-order valence-corrected chi connectivity index (χ3v) is 6.10. The minimum Gasteiger partial charge on any atom is -0.305 e. The fraction of sp³-hybridized carbons (Fsp3) is 0.400. The van der Waals surface area contributed by atoms with Gasteiger partial charge in [-0.2, -0.15) is 0 Å². The van der Waals surface area contributed by atoms with Crippen molar-refractivity contribution in [2.45, 2.75) is 38.6 Å². The smallest absolute Gasteiger partial charge is 0.156 e. The van der Waals surface area contributed by atoms with Crippen molar-refractivity contribution in [2.24, 2.45) is 5.92 Å². The summed E-state index contributed by atoms with van der Waals surface area (Å²) in [7, 11) is -3.04. The van der Waals surface area contributed by atoms with E-state index >= 15 is 0 Å². The number of nitrogens with one attached hydrogen (secondary N) is 1. The van der Waals surface area contributed by atoms with E-state index in [4.69, 9.17) is 0 Å². The van der Waals surface area contributed by atoms with Crippen LogP contribution in [0.25, 0.3) is 0 Å². The summed E-state index contributed by atoms with van der Waals surface area (Å²) in [6.07, 6.45) is 1.04. The summed E-state index contributed by atoms with van der Waals surface area (Å²) in [5.41, 5.74) is 4.64. The monoisotopic (exact) mass is 343 g/mol. The lowest BCUT2D eigenvalue weighted by atomic mass is 9.97. The highest BCUT2D eigenvalue weighted by Gasteiger charge is 2.29. The van der Waals surface area contributed by atoms with Gasteiger partial charge in [0.15, 0.2) is 9.84 Å². The fourth-order valence-electron chi connectivity index (χ4n) is 3.42. The van der Waals surface area contributed by atoms with Crippen LogP contribution in [0.5, 0.6) is 0 Å². The van der Waals surface area contributed by atoms with Crippen LogP contribution in [-0.2, 0) is 28.6 Å². The second kappa shape index (κ2) is 7.08. The maximum Gasteiger partial charge on any atom is 0.156 e. The molecule has 2 aromatic carbocycles. The Hall–Kier alpha value is -1.65. The fourth-order valence-corrected chi connectivity index (χ4v) is 5.08. The van der Waals surface area contributed by atoms with Gasteiger partial charge in [0.05, 0.1) is 11.5 Å². The van der Waals surface area contributed by atoms with Crippen LogP contribution in [-0.4, -0.2) is 14.2 Å². The summed E-state index contributed by atoms with van der Waals surface area (Å²) >= 11 is 0. The molecule has 3 rings (SSSR count). The van der Waals surface area contributed by atoms with Crippen LogP contribution in [0.15, 0.2) is 48.5 Å². The van der Waals surface area contributed by atoms with Crippen LogP contribution < -0.4 is 5.32 Å². The van der Waals surface area contributed by atoms with Gasteiger partial charge in [0.25, 0.3) is 0 Å². The van der Waals surface area contributed by atoms with Gasteiger partial charge < -0.3 is 5.32 Å². The molecular formula is C20H25NO2S. The highest BCUT2D eigenvalue weighted by Crippen LogP contribution is 2.28. The summed E-state index contributed by atoms with van der Waals surface area (Å²) < 4.78 is 24.4. The second-order valence-electron chi connectivity index (χ2n) is 7.05. The van der Waals surface area contributed by atoms with Gasteiger partial charge in [-0.15, -0.1) is 0 Å². The van der Waals surface area contributed by atoms with Crippen molar-refractivity contribution in [2.75, 3.05) is 5.75 Å². The second-order valence-corrected chi connectivity index (χ2v) is 9.16. The van der Waals surface area contributed by atoms with E-state index in [0.717, 1.165) is 17.5 Å². The maximum absolute atomic E-state index is 12.2. The molecule has 0 radical (unpaired) electrons. The predicted octanol–water partition coefficient (Wildman–Crippen LogP) is 3.64. The molecule has 0 spiro atoms. The molecule has 0 amide bonds. The summed E-state index contributed by atoms with van der Waals surface area (Å²) in [5.74, 6) is 0.934. The van der Waals surface area contributed by atoms with Crippen LogP contribution in [0.1, 0.15) is 42.1 Å². The van der Waals surface area contributed by atoms with Crippen molar-refractivity contribution in [3.63, 3.8) is 0 Å². The zero-order chi connectivity index (χ0) is 17.2. The Labute approximate surface area is 145 Å². The molecule has 0 saturated heterocycles. The summed E-state index contributed by atoms with van der Waals surface area (Å²) in [6.45, 7) is 5.12. The Balaban J connectivity index is 1.80. The van der Waals surface area contributed by atoms with Gasteiger partial charge in [0.2, 0.25) is 0 Å². The van der Waals surface area contributed by atoms with Crippen LogP contribution in [0, 0.1) is 5.92 Å². The number of hydrogen-bond donors (Lipinski definition) is 1. The minimum atomic E-state index is -3.04. The van der Waals surface area contributed by atoms with Gasteiger partial charge in [0.1, 0.15) is 0 Å². The number of rotatable bonds is 5. The van der Waals surface area contributed by atoms with E-state index < -0.39 is 9.84 Å². The molecule has 0 bridgehead atoms. The topological polar surface area (TPSA) is 46.2 Å². The van der Waals surface area contributed by atoms with Crippen molar-refractivity contribution in [3.05, 3.63) is 70.8 Å². The molecule has 1 aliphatic rings. The van der Waals surface area contributed by atoms with Crippen LogP contribution >= 0.6 is 0 Å². The van der Waals surface area contributed by atoms with Crippen LogP contribution in [0.3, 0.4) is 0 Å². The molecule has 2 aromatic rings. The number of hydrogen-bond acceptors (Lipinski definition) is 3. The van der Waals surface area contributed by atoms with E-state index in [1.807, 2.05) is 30.3 Å². The summed E-state index contributed by atoms with van der Waals surface area (Å²) in [6, 6.07) is 16.2. The van der Waals surface area contributed by atoms with Gasteiger partial charge in [-0.1, -0.05) is 62.4 Å². The molecular weight excluding hydrogens is 318 g/mol. The minimum absolute atomic E-state index is 0.132. The third kappa shape index (κ3) is 4.05. The lowest BCUT2D eigenvalue weighted by molar-refractivity contribution is 0.533. The molecule has 128 valence electrons. The first-order valence-corrected chi connectivity index (χ1v) is 10.3. The van der Waals surface area contributed by atoms with Crippen molar-refractivity contribution in [1.82, 2.24) is 5.32 Å². The Kier molecular flexibility index (Phi) is 5.07. The zero-order valence-electron chi connectivity index (χ0n) is 14.3. The molecule has 1 unspecified atom stereocenters. The van der Waals surface area contributed by atoms with Crippen molar-refractivity contribution in [1.29, 1.82) is 0 Å². The molecule has 0 saturated carbocycles. The third-order valence-electron chi connectivity index (χ3n) is 4.51. The maximum atomic E-state index is 12.2. The lowest BCUT2D eigenvalue weighted by Crippen LogP contribution is -2.33. The first kappa shape index (κ1) is 17.2. The molecule has 3 nitrogen and oxygen atoms in total. The largest absolute Gasteiger partial charge is 0.305 e. The molecule has 1 N–H and O–H groups in total. The van der Waals surface area contributed by atoms with Crippen molar-refractivity contribution < 1.29 is 8.42 Å². The normalized spacial score (nSPS) is 19.2. The first-order chi connectivity index (χ1) is 11.4.